The van der Waals surface area contributed by atoms with E-state index in [1.165, 1.54) is 64.7 Å². The Morgan fingerprint density at radius 1 is 0.727 bits per heavy atom. The van der Waals surface area contributed by atoms with E-state index in [-0.39, 0.29) is 0 Å². The van der Waals surface area contributed by atoms with E-state index >= 15 is 0 Å². The summed E-state index contributed by atoms with van der Waals surface area (Å²) in [5.41, 5.74) is 0. The molecule has 128 valence electrons. The first-order chi connectivity index (χ1) is 10.5. The molecule has 1 saturated carbocycles. The Kier molecular flexibility index (Phi) is 5.50. The van der Waals surface area contributed by atoms with Gasteiger partial charge in [-0.05, 0) is 89.1 Å². The molecule has 0 bridgehead atoms. The van der Waals surface area contributed by atoms with E-state index in [1.807, 2.05) is 0 Å². The summed E-state index contributed by atoms with van der Waals surface area (Å²) in [6.07, 6.45) is 8.85. The second kappa shape index (κ2) is 7.21. The average molecular weight is 307 g/mol. The fraction of sp³-hybridized carbons (Fsp3) is 1.00. The minimum atomic E-state index is 0.757. The van der Waals surface area contributed by atoms with Crippen molar-refractivity contribution in [3.63, 3.8) is 0 Å². The first-order valence-electron chi connectivity index (χ1n) is 10.0. The van der Waals surface area contributed by atoms with E-state index in [0.717, 1.165) is 35.8 Å². The highest BCUT2D eigenvalue weighted by molar-refractivity contribution is 4.91. The monoisotopic (exact) mass is 306 g/mol. The molecular formula is C20H38N2. The molecule has 2 nitrogen and oxygen atoms in total. The lowest BCUT2D eigenvalue weighted by molar-refractivity contribution is -0.00193. The zero-order valence-corrected chi connectivity index (χ0v) is 15.4. The fourth-order valence-corrected chi connectivity index (χ4v) is 5.16. The highest BCUT2D eigenvalue weighted by Crippen LogP contribution is 2.36. The van der Waals surface area contributed by atoms with Crippen molar-refractivity contribution in [2.24, 2.45) is 23.7 Å². The Morgan fingerprint density at radius 2 is 1.32 bits per heavy atom. The molecule has 0 aromatic carbocycles. The van der Waals surface area contributed by atoms with Gasteiger partial charge in [-0.1, -0.05) is 13.8 Å². The van der Waals surface area contributed by atoms with Crippen molar-refractivity contribution in [1.82, 2.24) is 9.80 Å². The Labute approximate surface area is 138 Å². The number of likely N-dealkylation sites (tertiary alicyclic amines) is 2. The van der Waals surface area contributed by atoms with Crippen LogP contribution in [0.5, 0.6) is 0 Å². The summed E-state index contributed by atoms with van der Waals surface area (Å²) in [6.45, 7) is 15.0. The summed E-state index contributed by atoms with van der Waals surface area (Å²) in [7, 11) is 0. The lowest BCUT2D eigenvalue weighted by Crippen LogP contribution is -2.55. The van der Waals surface area contributed by atoms with Gasteiger partial charge in [0.25, 0.3) is 0 Å². The largest absolute Gasteiger partial charge is 0.300 e. The molecule has 0 aromatic rings. The lowest BCUT2D eigenvalue weighted by Gasteiger charge is -2.49. The minimum absolute atomic E-state index is 0.757. The van der Waals surface area contributed by atoms with Crippen LogP contribution in [-0.4, -0.2) is 48.1 Å². The molecule has 0 aromatic heterocycles. The molecule has 22 heavy (non-hydrogen) atoms. The van der Waals surface area contributed by atoms with Crippen LogP contribution in [0.1, 0.15) is 66.2 Å². The lowest BCUT2D eigenvalue weighted by atomic mass is 9.76. The summed E-state index contributed by atoms with van der Waals surface area (Å²) in [4.78, 5) is 5.50. The van der Waals surface area contributed by atoms with Crippen molar-refractivity contribution in [3.8, 4) is 0 Å². The molecule has 0 amide bonds. The van der Waals surface area contributed by atoms with Gasteiger partial charge in [-0.15, -0.1) is 0 Å². The van der Waals surface area contributed by atoms with Crippen molar-refractivity contribution in [1.29, 1.82) is 0 Å². The quantitative estimate of drug-likeness (QED) is 0.766. The first kappa shape index (κ1) is 16.8. The third kappa shape index (κ3) is 3.70. The van der Waals surface area contributed by atoms with Gasteiger partial charge in [-0.25, -0.2) is 0 Å². The molecule has 3 fully saturated rings. The van der Waals surface area contributed by atoms with Gasteiger partial charge in [0, 0.05) is 25.2 Å². The van der Waals surface area contributed by atoms with Crippen LogP contribution in [0.25, 0.3) is 0 Å². The van der Waals surface area contributed by atoms with Gasteiger partial charge in [0.2, 0.25) is 0 Å². The van der Waals surface area contributed by atoms with Crippen molar-refractivity contribution < 1.29 is 0 Å². The Morgan fingerprint density at radius 3 is 1.82 bits per heavy atom. The molecule has 0 N–H and O–H groups in total. The molecule has 0 unspecified atom stereocenters. The van der Waals surface area contributed by atoms with Crippen LogP contribution in [-0.2, 0) is 0 Å². The number of hydrogen-bond donors (Lipinski definition) is 0. The second-order valence-corrected chi connectivity index (χ2v) is 8.99. The molecule has 3 rings (SSSR count). The van der Waals surface area contributed by atoms with E-state index in [4.69, 9.17) is 0 Å². The van der Waals surface area contributed by atoms with Crippen molar-refractivity contribution >= 4 is 0 Å². The smallest absolute Gasteiger partial charge is 0.00954 e. The van der Waals surface area contributed by atoms with Crippen molar-refractivity contribution in [3.05, 3.63) is 0 Å². The summed E-state index contributed by atoms with van der Waals surface area (Å²) < 4.78 is 0. The van der Waals surface area contributed by atoms with Gasteiger partial charge in [0.15, 0.2) is 0 Å². The van der Waals surface area contributed by atoms with Gasteiger partial charge in [0.1, 0.15) is 0 Å². The highest BCUT2D eigenvalue weighted by Gasteiger charge is 2.37. The van der Waals surface area contributed by atoms with E-state index in [2.05, 4.69) is 37.5 Å². The molecule has 1 aliphatic carbocycles. The van der Waals surface area contributed by atoms with Gasteiger partial charge >= 0.3 is 0 Å². The van der Waals surface area contributed by atoms with Crippen molar-refractivity contribution in [2.45, 2.75) is 78.3 Å². The van der Waals surface area contributed by atoms with Crippen LogP contribution in [0.15, 0.2) is 0 Å². The van der Waals surface area contributed by atoms with Crippen LogP contribution in [0.2, 0.25) is 0 Å². The maximum atomic E-state index is 2.85. The third-order valence-corrected chi connectivity index (χ3v) is 7.11. The molecule has 2 heteroatoms. The fourth-order valence-electron chi connectivity index (χ4n) is 5.16. The van der Waals surface area contributed by atoms with Gasteiger partial charge in [0.05, 0.1) is 0 Å². The molecule has 3 aliphatic rings. The van der Waals surface area contributed by atoms with Gasteiger partial charge < -0.3 is 9.80 Å². The van der Waals surface area contributed by atoms with E-state index < -0.39 is 0 Å². The number of hydrogen-bond acceptors (Lipinski definition) is 2. The SMILES string of the molecule is CC(C)C1CCC(N2CCC(C3CN(C(C)C)C3)CC2)CC1. The zero-order valence-electron chi connectivity index (χ0n) is 15.4. The van der Waals surface area contributed by atoms with E-state index in [0.29, 0.717) is 0 Å². The predicted molar refractivity (Wildman–Crippen MR) is 95.1 cm³/mol. The van der Waals surface area contributed by atoms with E-state index in [9.17, 15) is 0 Å². The van der Waals surface area contributed by atoms with Crippen LogP contribution >= 0.6 is 0 Å². The summed E-state index contributed by atoms with van der Waals surface area (Å²) in [6, 6.07) is 1.68. The first-order valence-corrected chi connectivity index (χ1v) is 10.0. The highest BCUT2D eigenvalue weighted by atomic mass is 15.2. The molecule has 0 atom stereocenters. The van der Waals surface area contributed by atoms with Gasteiger partial charge in [-0.2, -0.15) is 0 Å². The molecule has 0 radical (unpaired) electrons. The minimum Gasteiger partial charge on any atom is -0.300 e. The maximum Gasteiger partial charge on any atom is 0.00954 e. The average Bonchev–Trinajstić information content (AvgIpc) is 2.46. The topological polar surface area (TPSA) is 6.48 Å². The van der Waals surface area contributed by atoms with Crippen LogP contribution < -0.4 is 0 Å². The predicted octanol–water partition coefficient (Wildman–Crippen LogP) is 4.25. The van der Waals surface area contributed by atoms with Crippen LogP contribution in [0.4, 0.5) is 0 Å². The normalized spacial score (nSPS) is 33.5. The van der Waals surface area contributed by atoms with Gasteiger partial charge in [-0.3, -0.25) is 0 Å². The summed E-state index contributed by atoms with van der Waals surface area (Å²) in [5.74, 6) is 3.94. The summed E-state index contributed by atoms with van der Waals surface area (Å²) in [5, 5.41) is 0. The third-order valence-electron chi connectivity index (χ3n) is 7.11. The van der Waals surface area contributed by atoms with Crippen LogP contribution in [0, 0.1) is 23.7 Å². The number of nitrogens with zero attached hydrogens (tertiary/aromatic N) is 2. The number of piperidine rings is 1. The standard InChI is InChI=1S/C20H38N2/c1-15(2)17-5-7-20(8-6-17)21-11-9-18(10-12-21)19-13-22(14-19)16(3)4/h15-20H,5-14H2,1-4H3. The Balaban J connectivity index is 1.38. The second-order valence-electron chi connectivity index (χ2n) is 8.99. The van der Waals surface area contributed by atoms with Crippen LogP contribution in [0.3, 0.4) is 0 Å². The summed E-state index contributed by atoms with van der Waals surface area (Å²) >= 11 is 0. The zero-order chi connectivity index (χ0) is 15.7. The molecule has 2 heterocycles. The molecular weight excluding hydrogens is 268 g/mol. The molecule has 2 saturated heterocycles. The number of rotatable bonds is 4. The maximum absolute atomic E-state index is 2.85. The van der Waals surface area contributed by atoms with Crippen molar-refractivity contribution in [2.75, 3.05) is 26.2 Å². The Hall–Kier alpha value is -0.0800. The molecule has 0 spiro atoms. The van der Waals surface area contributed by atoms with E-state index in [1.54, 1.807) is 0 Å². The Bertz CT molecular complexity index is 330. The molecule has 2 aliphatic heterocycles.